The zero-order chi connectivity index (χ0) is 13.8. The Kier molecular flexibility index (Phi) is 4.41. The summed E-state index contributed by atoms with van der Waals surface area (Å²) >= 11 is 0. The van der Waals surface area contributed by atoms with E-state index in [2.05, 4.69) is 37.0 Å². The Labute approximate surface area is 115 Å². The van der Waals surface area contributed by atoms with Gasteiger partial charge in [-0.25, -0.2) is 0 Å². The summed E-state index contributed by atoms with van der Waals surface area (Å²) in [6, 6.07) is 8.39. The summed E-state index contributed by atoms with van der Waals surface area (Å²) in [7, 11) is 0. The maximum absolute atomic E-state index is 11.5. The summed E-state index contributed by atoms with van der Waals surface area (Å²) in [6.07, 6.45) is 4.11. The van der Waals surface area contributed by atoms with Gasteiger partial charge in [-0.05, 0) is 37.8 Å². The number of carbonyl (C=O) groups is 1. The van der Waals surface area contributed by atoms with Crippen LogP contribution in [0.25, 0.3) is 10.9 Å². The van der Waals surface area contributed by atoms with E-state index in [9.17, 15) is 4.79 Å². The van der Waals surface area contributed by atoms with Gasteiger partial charge in [-0.15, -0.1) is 0 Å². The van der Waals surface area contributed by atoms with Crippen molar-refractivity contribution in [2.24, 2.45) is 0 Å². The molecule has 1 unspecified atom stereocenters. The molecule has 0 saturated carbocycles. The normalized spacial score (nSPS) is 12.8. The van der Waals surface area contributed by atoms with Crippen LogP contribution >= 0.6 is 0 Å². The van der Waals surface area contributed by atoms with Gasteiger partial charge >= 0.3 is 0 Å². The van der Waals surface area contributed by atoms with Gasteiger partial charge in [0, 0.05) is 23.0 Å². The molecule has 0 aliphatic carbocycles. The van der Waals surface area contributed by atoms with Gasteiger partial charge in [-0.1, -0.05) is 38.0 Å². The second-order valence-corrected chi connectivity index (χ2v) is 5.45. The predicted molar refractivity (Wildman–Crippen MR) is 80.6 cm³/mol. The number of fused-ring (bicyclic) bond motifs is 1. The zero-order valence-corrected chi connectivity index (χ0v) is 12.1. The molecule has 2 rings (SSSR count). The summed E-state index contributed by atoms with van der Waals surface area (Å²) in [4.78, 5) is 15.0. The fraction of sp³-hybridized carbons (Fsp3) is 0.471. The molecule has 0 spiro atoms. The van der Waals surface area contributed by atoms with Crippen molar-refractivity contribution < 1.29 is 4.79 Å². The highest BCUT2D eigenvalue weighted by Crippen LogP contribution is 2.34. The molecule has 0 saturated heterocycles. The lowest BCUT2D eigenvalue weighted by atomic mass is 9.87. The van der Waals surface area contributed by atoms with E-state index < -0.39 is 0 Å². The molecule has 0 bridgehead atoms. The monoisotopic (exact) mass is 257 g/mol. The fourth-order valence-electron chi connectivity index (χ4n) is 2.97. The number of ketones is 1. The van der Waals surface area contributed by atoms with Crippen LogP contribution in [-0.4, -0.2) is 10.8 Å². The first-order valence-corrected chi connectivity index (χ1v) is 7.20. The van der Waals surface area contributed by atoms with Gasteiger partial charge in [0.25, 0.3) is 0 Å². The van der Waals surface area contributed by atoms with E-state index in [1.165, 1.54) is 35.0 Å². The molecule has 19 heavy (non-hydrogen) atoms. The molecule has 1 aromatic carbocycles. The molecular weight excluding hydrogens is 234 g/mol. The molecule has 2 aromatic rings. The summed E-state index contributed by atoms with van der Waals surface area (Å²) in [5, 5.41) is 1.28. The van der Waals surface area contributed by atoms with Crippen LogP contribution in [0.4, 0.5) is 0 Å². The number of carbonyl (C=O) groups excluding carboxylic acids is 1. The van der Waals surface area contributed by atoms with Crippen LogP contribution in [-0.2, 0) is 4.79 Å². The maximum atomic E-state index is 11.5. The van der Waals surface area contributed by atoms with Crippen molar-refractivity contribution in [3.8, 4) is 0 Å². The average Bonchev–Trinajstić information content (AvgIpc) is 2.70. The number of rotatable bonds is 6. The summed E-state index contributed by atoms with van der Waals surface area (Å²) < 4.78 is 0. The van der Waals surface area contributed by atoms with Gasteiger partial charge in [0.05, 0.1) is 0 Å². The van der Waals surface area contributed by atoms with Gasteiger partial charge in [-0.2, -0.15) is 0 Å². The molecule has 1 N–H and O–H groups in total. The van der Waals surface area contributed by atoms with Crippen molar-refractivity contribution in [1.82, 2.24) is 4.98 Å². The van der Waals surface area contributed by atoms with Crippen LogP contribution in [0, 0.1) is 6.92 Å². The zero-order valence-electron chi connectivity index (χ0n) is 12.1. The molecule has 2 nitrogen and oxygen atoms in total. The molecule has 1 aromatic heterocycles. The number of aromatic nitrogens is 1. The molecule has 1 atom stereocenters. The van der Waals surface area contributed by atoms with Crippen LogP contribution in [0.5, 0.6) is 0 Å². The summed E-state index contributed by atoms with van der Waals surface area (Å²) in [6.45, 7) is 6.02. The van der Waals surface area contributed by atoms with Crippen LogP contribution in [0.15, 0.2) is 24.3 Å². The Morgan fingerprint density at radius 2 is 2.05 bits per heavy atom. The molecule has 0 amide bonds. The molecule has 0 aliphatic rings. The summed E-state index contributed by atoms with van der Waals surface area (Å²) in [5.41, 5.74) is 3.74. The van der Waals surface area contributed by atoms with Crippen molar-refractivity contribution in [1.29, 1.82) is 0 Å². The third-order valence-corrected chi connectivity index (χ3v) is 3.79. The Morgan fingerprint density at radius 1 is 1.32 bits per heavy atom. The van der Waals surface area contributed by atoms with Crippen molar-refractivity contribution in [2.45, 2.75) is 52.4 Å². The number of nitrogens with one attached hydrogen (secondary N) is 1. The highest BCUT2D eigenvalue weighted by Gasteiger charge is 2.19. The first kappa shape index (κ1) is 13.9. The Hall–Kier alpha value is -1.57. The quantitative estimate of drug-likeness (QED) is 0.797. The van der Waals surface area contributed by atoms with Crippen LogP contribution in [0.1, 0.15) is 56.7 Å². The topological polar surface area (TPSA) is 32.9 Å². The lowest BCUT2D eigenvalue weighted by Crippen LogP contribution is -2.05. The molecule has 0 radical (unpaired) electrons. The first-order chi connectivity index (χ1) is 9.13. The highest BCUT2D eigenvalue weighted by atomic mass is 16.1. The van der Waals surface area contributed by atoms with Crippen molar-refractivity contribution in [3.05, 3.63) is 35.5 Å². The third kappa shape index (κ3) is 3.06. The minimum atomic E-state index is 0.283. The number of aromatic amines is 1. The predicted octanol–water partition coefficient (Wildman–Crippen LogP) is 4.73. The second kappa shape index (κ2) is 6.05. The lowest BCUT2D eigenvalue weighted by Gasteiger charge is -2.16. The molecule has 102 valence electrons. The molecule has 0 aliphatic heterocycles. The standard InChI is InChI=1S/C17H23NO/c1-4-5-8-14(11-12(2)19)17-13(3)18-16-10-7-6-9-15(16)17/h6-7,9-10,14,18H,4-5,8,11H2,1-3H3. The number of H-pyrrole nitrogens is 1. The van der Waals surface area contributed by atoms with Crippen molar-refractivity contribution >= 4 is 16.7 Å². The Morgan fingerprint density at radius 3 is 2.74 bits per heavy atom. The number of benzene rings is 1. The summed E-state index contributed by atoms with van der Waals surface area (Å²) in [5.74, 6) is 0.638. The van der Waals surface area contributed by atoms with Crippen molar-refractivity contribution in [3.63, 3.8) is 0 Å². The number of unbranched alkanes of at least 4 members (excludes halogenated alkanes) is 1. The maximum Gasteiger partial charge on any atom is 0.130 e. The van der Waals surface area contributed by atoms with E-state index >= 15 is 0 Å². The van der Waals surface area contributed by atoms with E-state index in [0.717, 1.165) is 6.42 Å². The largest absolute Gasteiger partial charge is 0.358 e. The van der Waals surface area contributed by atoms with Crippen LogP contribution < -0.4 is 0 Å². The minimum absolute atomic E-state index is 0.283. The SMILES string of the molecule is CCCCC(CC(C)=O)c1c(C)[nH]c2ccccc12. The van der Waals surface area contributed by atoms with E-state index in [4.69, 9.17) is 0 Å². The van der Waals surface area contributed by atoms with Crippen LogP contribution in [0.2, 0.25) is 0 Å². The third-order valence-electron chi connectivity index (χ3n) is 3.79. The van der Waals surface area contributed by atoms with Gasteiger partial charge in [0.1, 0.15) is 5.78 Å². The number of para-hydroxylation sites is 1. The minimum Gasteiger partial charge on any atom is -0.358 e. The van der Waals surface area contributed by atoms with Gasteiger partial charge in [-0.3, -0.25) is 0 Å². The fourth-order valence-corrected chi connectivity index (χ4v) is 2.97. The van der Waals surface area contributed by atoms with Crippen LogP contribution in [0.3, 0.4) is 0 Å². The van der Waals surface area contributed by atoms with E-state index in [-0.39, 0.29) is 5.78 Å². The van der Waals surface area contributed by atoms with E-state index in [1.54, 1.807) is 6.92 Å². The Balaban J connectivity index is 2.42. The molecule has 0 fully saturated rings. The highest BCUT2D eigenvalue weighted by molar-refractivity contribution is 5.86. The average molecular weight is 257 g/mol. The van der Waals surface area contributed by atoms with Gasteiger partial charge in [0.15, 0.2) is 0 Å². The van der Waals surface area contributed by atoms with Crippen molar-refractivity contribution in [2.75, 3.05) is 0 Å². The number of hydrogen-bond donors (Lipinski definition) is 1. The Bertz CT molecular complexity index is 568. The van der Waals surface area contributed by atoms with E-state index in [0.29, 0.717) is 12.3 Å². The van der Waals surface area contributed by atoms with Gasteiger partial charge in [0.2, 0.25) is 0 Å². The number of hydrogen-bond acceptors (Lipinski definition) is 1. The first-order valence-electron chi connectivity index (χ1n) is 7.20. The van der Waals surface area contributed by atoms with E-state index in [1.807, 2.05) is 6.07 Å². The number of Topliss-reactive ketones (excluding diaryl/α,β-unsaturated/α-hetero) is 1. The lowest BCUT2D eigenvalue weighted by molar-refractivity contribution is -0.117. The molecular formula is C17H23NO. The smallest absolute Gasteiger partial charge is 0.130 e. The number of aryl methyl sites for hydroxylation is 1. The van der Waals surface area contributed by atoms with Gasteiger partial charge < -0.3 is 9.78 Å². The molecule has 2 heteroatoms. The molecule has 1 heterocycles. The second-order valence-electron chi connectivity index (χ2n) is 5.45.